The van der Waals surface area contributed by atoms with Gasteiger partial charge in [-0.3, -0.25) is 9.36 Å². The highest BCUT2D eigenvalue weighted by molar-refractivity contribution is 5.72. The molecule has 0 spiro atoms. The summed E-state index contributed by atoms with van der Waals surface area (Å²) in [6, 6.07) is 3.62. The topological polar surface area (TPSA) is 69.6 Å². The quantitative estimate of drug-likeness (QED) is 0.644. The molecule has 1 rings (SSSR count). The van der Waals surface area contributed by atoms with Gasteiger partial charge in [0.05, 0.1) is 13.0 Å². The van der Waals surface area contributed by atoms with Crippen LogP contribution in [0.5, 0.6) is 0 Å². The predicted octanol–water partition coefficient (Wildman–Crippen LogP) is 2.31. The van der Waals surface area contributed by atoms with Crippen LogP contribution in [0.15, 0.2) is 18.3 Å². The lowest BCUT2D eigenvalue weighted by atomic mass is 10.2. The molecule has 0 aliphatic carbocycles. The molecule has 0 unspecified atom stereocenters. The molecule has 1 aromatic rings. The molecule has 0 saturated heterocycles. The molecule has 6 nitrogen and oxygen atoms in total. The zero-order chi connectivity index (χ0) is 15.9. The molecular formula is C15H24N2O4. The molecule has 0 aromatic carbocycles. The van der Waals surface area contributed by atoms with Crippen LogP contribution in [0.25, 0.3) is 0 Å². The summed E-state index contributed by atoms with van der Waals surface area (Å²) in [7, 11) is 0. The van der Waals surface area contributed by atoms with E-state index in [9.17, 15) is 9.59 Å². The van der Waals surface area contributed by atoms with Gasteiger partial charge in [-0.1, -0.05) is 0 Å². The summed E-state index contributed by atoms with van der Waals surface area (Å²) >= 11 is 0. The third kappa shape index (κ3) is 6.44. The summed E-state index contributed by atoms with van der Waals surface area (Å²) in [6.07, 6.45) is 1.56. The largest absolute Gasteiger partial charge is 0.466 e. The van der Waals surface area contributed by atoms with Gasteiger partial charge in [-0.25, -0.2) is 4.79 Å². The number of carbonyl (C=O) groups excluding carboxylic acids is 2. The average Bonchev–Trinajstić information content (AvgIpc) is 2.81. The van der Waals surface area contributed by atoms with Crippen molar-refractivity contribution in [1.29, 1.82) is 0 Å². The Balaban J connectivity index is 2.45. The summed E-state index contributed by atoms with van der Waals surface area (Å²) in [5.41, 5.74) is 0.254. The van der Waals surface area contributed by atoms with Crippen LogP contribution in [0, 0.1) is 0 Å². The first kappa shape index (κ1) is 17.2. The maximum Gasteiger partial charge on any atom is 0.418 e. The maximum absolute atomic E-state index is 12.0. The summed E-state index contributed by atoms with van der Waals surface area (Å²) in [5, 5.41) is 3.11. The van der Waals surface area contributed by atoms with Crippen LogP contribution in [0.1, 0.15) is 39.8 Å². The van der Waals surface area contributed by atoms with E-state index in [0.717, 1.165) is 5.69 Å². The van der Waals surface area contributed by atoms with E-state index in [2.05, 4.69) is 5.32 Å². The Morgan fingerprint density at radius 3 is 2.67 bits per heavy atom. The van der Waals surface area contributed by atoms with E-state index < -0.39 is 11.7 Å². The van der Waals surface area contributed by atoms with Gasteiger partial charge in [-0.2, -0.15) is 0 Å². The van der Waals surface area contributed by atoms with Gasteiger partial charge in [0.15, 0.2) is 0 Å². The second-order valence-corrected chi connectivity index (χ2v) is 5.58. The monoisotopic (exact) mass is 296 g/mol. The predicted molar refractivity (Wildman–Crippen MR) is 79.0 cm³/mol. The van der Waals surface area contributed by atoms with Crippen molar-refractivity contribution < 1.29 is 19.1 Å². The first-order valence-electron chi connectivity index (χ1n) is 7.09. The van der Waals surface area contributed by atoms with Gasteiger partial charge in [0.1, 0.15) is 5.60 Å². The van der Waals surface area contributed by atoms with Crippen molar-refractivity contribution in [3.63, 3.8) is 0 Å². The Morgan fingerprint density at radius 2 is 2.05 bits per heavy atom. The van der Waals surface area contributed by atoms with E-state index in [-0.39, 0.29) is 5.97 Å². The van der Waals surface area contributed by atoms with Crippen LogP contribution in [0.3, 0.4) is 0 Å². The highest BCUT2D eigenvalue weighted by Gasteiger charge is 2.18. The molecule has 0 bridgehead atoms. The minimum atomic E-state index is -0.532. The first-order valence-corrected chi connectivity index (χ1v) is 7.09. The number of esters is 1. The second-order valence-electron chi connectivity index (χ2n) is 5.58. The molecule has 0 fully saturated rings. The standard InChI is InChI=1S/C15H24N2O4/c1-5-20-13(18)8-9-16-11-12-7-6-10-17(12)14(19)21-15(2,3)4/h6-7,10,16H,5,8-9,11H2,1-4H3. The molecular weight excluding hydrogens is 272 g/mol. The fourth-order valence-corrected chi connectivity index (χ4v) is 1.69. The smallest absolute Gasteiger partial charge is 0.418 e. The van der Waals surface area contributed by atoms with Crippen LogP contribution >= 0.6 is 0 Å². The average molecular weight is 296 g/mol. The van der Waals surface area contributed by atoms with Gasteiger partial charge in [0, 0.05) is 25.0 Å². The van der Waals surface area contributed by atoms with Gasteiger partial charge in [-0.05, 0) is 39.8 Å². The van der Waals surface area contributed by atoms with Crippen LogP contribution in [0.2, 0.25) is 0 Å². The Labute approximate surface area is 125 Å². The number of ether oxygens (including phenoxy) is 2. The molecule has 1 heterocycles. The van der Waals surface area contributed by atoms with Crippen molar-refractivity contribution in [2.45, 2.75) is 46.3 Å². The second kappa shape index (κ2) is 7.83. The van der Waals surface area contributed by atoms with Gasteiger partial charge in [-0.15, -0.1) is 0 Å². The van der Waals surface area contributed by atoms with Crippen molar-refractivity contribution in [3.8, 4) is 0 Å². The van der Waals surface area contributed by atoms with Gasteiger partial charge >= 0.3 is 12.1 Å². The SMILES string of the molecule is CCOC(=O)CCNCc1cccn1C(=O)OC(C)(C)C. The zero-order valence-electron chi connectivity index (χ0n) is 13.1. The Kier molecular flexibility index (Phi) is 6.42. The summed E-state index contributed by atoms with van der Waals surface area (Å²) in [5.74, 6) is -0.229. The van der Waals surface area contributed by atoms with Crippen molar-refractivity contribution >= 4 is 12.1 Å². The van der Waals surface area contributed by atoms with Crippen LogP contribution in [-0.2, 0) is 20.8 Å². The third-order valence-corrected chi connectivity index (χ3v) is 2.54. The number of rotatable bonds is 6. The number of nitrogens with one attached hydrogen (secondary N) is 1. The first-order chi connectivity index (χ1) is 9.83. The summed E-state index contributed by atoms with van der Waals surface area (Å²) in [6.45, 7) is 8.62. The summed E-state index contributed by atoms with van der Waals surface area (Å²) < 4.78 is 11.6. The maximum atomic E-state index is 12.0. The minimum Gasteiger partial charge on any atom is -0.466 e. The molecule has 118 valence electrons. The fourth-order valence-electron chi connectivity index (χ4n) is 1.69. The molecule has 0 radical (unpaired) electrons. The lowest BCUT2D eigenvalue weighted by Gasteiger charge is -2.20. The summed E-state index contributed by atoms with van der Waals surface area (Å²) in [4.78, 5) is 23.2. The fraction of sp³-hybridized carbons (Fsp3) is 0.600. The molecule has 0 aliphatic heterocycles. The lowest BCUT2D eigenvalue weighted by molar-refractivity contribution is -0.142. The van der Waals surface area contributed by atoms with E-state index >= 15 is 0 Å². The Morgan fingerprint density at radius 1 is 1.33 bits per heavy atom. The molecule has 0 amide bonds. The van der Waals surface area contributed by atoms with Gasteiger partial charge in [0.2, 0.25) is 0 Å². The molecule has 0 atom stereocenters. The van der Waals surface area contributed by atoms with Crippen LogP contribution < -0.4 is 5.32 Å². The van der Waals surface area contributed by atoms with Crippen molar-refractivity contribution in [2.24, 2.45) is 0 Å². The van der Waals surface area contributed by atoms with Gasteiger partial charge in [0.25, 0.3) is 0 Å². The highest BCUT2D eigenvalue weighted by Crippen LogP contribution is 2.11. The zero-order valence-corrected chi connectivity index (χ0v) is 13.1. The van der Waals surface area contributed by atoms with Crippen molar-refractivity contribution in [1.82, 2.24) is 9.88 Å². The Bertz CT molecular complexity index is 474. The Hall–Kier alpha value is -1.82. The van der Waals surface area contributed by atoms with Crippen LogP contribution in [0.4, 0.5) is 4.79 Å². The lowest BCUT2D eigenvalue weighted by Crippen LogP contribution is -2.29. The number of aromatic nitrogens is 1. The van der Waals surface area contributed by atoms with E-state index in [4.69, 9.17) is 9.47 Å². The highest BCUT2D eigenvalue weighted by atomic mass is 16.6. The van der Waals surface area contributed by atoms with Crippen LogP contribution in [-0.4, -0.2) is 35.4 Å². The number of hydrogen-bond acceptors (Lipinski definition) is 5. The van der Waals surface area contributed by atoms with E-state index in [1.54, 1.807) is 19.2 Å². The normalized spacial score (nSPS) is 11.2. The van der Waals surface area contributed by atoms with Crippen molar-refractivity contribution in [2.75, 3.05) is 13.2 Å². The molecule has 21 heavy (non-hydrogen) atoms. The molecule has 0 saturated carbocycles. The minimum absolute atomic E-state index is 0.229. The number of hydrogen-bond donors (Lipinski definition) is 1. The molecule has 6 heteroatoms. The van der Waals surface area contributed by atoms with E-state index in [1.807, 2.05) is 26.8 Å². The van der Waals surface area contributed by atoms with Gasteiger partial charge < -0.3 is 14.8 Å². The number of nitrogens with zero attached hydrogens (tertiary/aromatic N) is 1. The van der Waals surface area contributed by atoms with E-state index in [0.29, 0.717) is 26.1 Å². The third-order valence-electron chi connectivity index (χ3n) is 2.54. The molecule has 1 N–H and O–H groups in total. The van der Waals surface area contributed by atoms with Crippen molar-refractivity contribution in [3.05, 3.63) is 24.0 Å². The number of carbonyl (C=O) groups is 2. The van der Waals surface area contributed by atoms with E-state index in [1.165, 1.54) is 4.57 Å². The molecule has 1 aromatic heterocycles. The molecule has 0 aliphatic rings.